The molecule has 0 aliphatic carbocycles. The molecule has 2 aliphatic heterocycles. The zero-order chi connectivity index (χ0) is 16.2. The predicted molar refractivity (Wildman–Crippen MR) is 90.8 cm³/mol. The Morgan fingerprint density at radius 2 is 2.35 bits per heavy atom. The SMILES string of the molecule is CCN1CCC[C@H](NC(=O)N2CCO[C@@H](c3nc(C)cs3)C2)C1. The molecule has 0 saturated carbocycles. The number of nitrogens with zero attached hydrogens (tertiary/aromatic N) is 3. The molecule has 2 aliphatic rings. The summed E-state index contributed by atoms with van der Waals surface area (Å²) >= 11 is 1.61. The van der Waals surface area contributed by atoms with E-state index < -0.39 is 0 Å². The van der Waals surface area contributed by atoms with Gasteiger partial charge in [0.25, 0.3) is 0 Å². The van der Waals surface area contributed by atoms with Crippen LogP contribution in [0.1, 0.15) is 36.6 Å². The van der Waals surface area contributed by atoms with Gasteiger partial charge in [0.15, 0.2) is 0 Å². The molecular weight excluding hydrogens is 312 g/mol. The van der Waals surface area contributed by atoms with Gasteiger partial charge < -0.3 is 19.9 Å². The van der Waals surface area contributed by atoms with E-state index in [0.717, 1.165) is 43.2 Å². The summed E-state index contributed by atoms with van der Waals surface area (Å²) in [6.45, 7) is 9.12. The summed E-state index contributed by atoms with van der Waals surface area (Å²) in [5, 5.41) is 6.20. The summed E-state index contributed by atoms with van der Waals surface area (Å²) in [6.07, 6.45) is 2.14. The second-order valence-corrected chi connectivity index (χ2v) is 7.20. The number of carbonyl (C=O) groups excluding carboxylic acids is 1. The fraction of sp³-hybridized carbons (Fsp3) is 0.750. The van der Waals surface area contributed by atoms with E-state index in [1.54, 1.807) is 11.3 Å². The van der Waals surface area contributed by atoms with Crippen molar-refractivity contribution in [1.29, 1.82) is 0 Å². The first-order valence-corrected chi connectivity index (χ1v) is 9.35. The normalized spacial score (nSPS) is 26.3. The number of piperidine rings is 1. The number of urea groups is 1. The van der Waals surface area contributed by atoms with E-state index in [1.165, 1.54) is 0 Å². The van der Waals surface area contributed by atoms with Crippen LogP contribution in [-0.4, -0.2) is 66.2 Å². The largest absolute Gasteiger partial charge is 0.367 e. The number of thiazole rings is 1. The number of rotatable bonds is 3. The summed E-state index contributed by atoms with van der Waals surface area (Å²) in [5.41, 5.74) is 1.01. The van der Waals surface area contributed by atoms with Crippen molar-refractivity contribution in [3.05, 3.63) is 16.1 Å². The van der Waals surface area contributed by atoms with Gasteiger partial charge >= 0.3 is 6.03 Å². The molecule has 128 valence electrons. The van der Waals surface area contributed by atoms with Crippen LogP contribution in [0.3, 0.4) is 0 Å². The number of morpholine rings is 1. The van der Waals surface area contributed by atoms with Crippen molar-refractivity contribution in [3.8, 4) is 0 Å². The van der Waals surface area contributed by atoms with Crippen LogP contribution in [0.25, 0.3) is 0 Å². The third-order valence-corrected chi connectivity index (χ3v) is 5.60. The van der Waals surface area contributed by atoms with Gasteiger partial charge in [-0.15, -0.1) is 11.3 Å². The van der Waals surface area contributed by atoms with E-state index in [9.17, 15) is 4.79 Å². The second-order valence-electron chi connectivity index (χ2n) is 6.31. The van der Waals surface area contributed by atoms with Crippen LogP contribution in [0.2, 0.25) is 0 Å². The Morgan fingerprint density at radius 3 is 3.09 bits per heavy atom. The number of nitrogens with one attached hydrogen (secondary N) is 1. The summed E-state index contributed by atoms with van der Waals surface area (Å²) in [7, 11) is 0. The van der Waals surface area contributed by atoms with Crippen molar-refractivity contribution in [2.45, 2.75) is 38.8 Å². The Morgan fingerprint density at radius 1 is 1.48 bits per heavy atom. The third kappa shape index (κ3) is 4.22. The van der Waals surface area contributed by atoms with Gasteiger partial charge in [0.2, 0.25) is 0 Å². The van der Waals surface area contributed by atoms with Crippen molar-refractivity contribution in [2.24, 2.45) is 0 Å². The number of carbonyl (C=O) groups is 1. The van der Waals surface area contributed by atoms with Crippen molar-refractivity contribution >= 4 is 17.4 Å². The summed E-state index contributed by atoms with van der Waals surface area (Å²) < 4.78 is 5.80. The molecule has 3 rings (SSSR count). The average molecular weight is 338 g/mol. The van der Waals surface area contributed by atoms with Crippen LogP contribution in [-0.2, 0) is 4.74 Å². The minimum atomic E-state index is -0.0910. The van der Waals surface area contributed by atoms with Crippen LogP contribution in [0.5, 0.6) is 0 Å². The lowest BCUT2D eigenvalue weighted by Gasteiger charge is -2.36. The number of amides is 2. The minimum Gasteiger partial charge on any atom is -0.367 e. The quantitative estimate of drug-likeness (QED) is 0.916. The molecule has 1 aromatic rings. The first kappa shape index (κ1) is 16.7. The smallest absolute Gasteiger partial charge is 0.317 e. The number of aryl methyl sites for hydroxylation is 1. The lowest BCUT2D eigenvalue weighted by Crippen LogP contribution is -2.53. The monoisotopic (exact) mass is 338 g/mol. The minimum absolute atomic E-state index is 0.0366. The van der Waals surface area contributed by atoms with Crippen molar-refractivity contribution < 1.29 is 9.53 Å². The van der Waals surface area contributed by atoms with Gasteiger partial charge in [-0.05, 0) is 32.9 Å². The fourth-order valence-corrected chi connectivity index (χ4v) is 4.06. The molecule has 0 bridgehead atoms. The van der Waals surface area contributed by atoms with Gasteiger partial charge in [-0.25, -0.2) is 9.78 Å². The standard InChI is InChI=1S/C16H26N4O2S/c1-3-19-6-4-5-13(9-19)18-16(21)20-7-8-22-14(10-20)15-17-12(2)11-23-15/h11,13-14H,3-10H2,1-2H3,(H,18,21)/t13-,14+/m0/s1. The maximum Gasteiger partial charge on any atom is 0.317 e. The topological polar surface area (TPSA) is 57.7 Å². The van der Waals surface area contributed by atoms with Gasteiger partial charge in [0, 0.05) is 30.2 Å². The number of ether oxygens (including phenoxy) is 1. The first-order valence-electron chi connectivity index (χ1n) is 8.47. The van der Waals surface area contributed by atoms with Crippen molar-refractivity contribution in [3.63, 3.8) is 0 Å². The molecule has 6 nitrogen and oxygen atoms in total. The van der Waals surface area contributed by atoms with Gasteiger partial charge in [0.1, 0.15) is 11.1 Å². The molecule has 2 saturated heterocycles. The Bertz CT molecular complexity index is 536. The Labute approximate surface area is 141 Å². The molecule has 2 amide bonds. The zero-order valence-corrected chi connectivity index (χ0v) is 14.8. The Balaban J connectivity index is 1.54. The highest BCUT2D eigenvalue weighted by atomic mass is 32.1. The zero-order valence-electron chi connectivity index (χ0n) is 14.0. The number of hydrogen-bond donors (Lipinski definition) is 1. The summed E-state index contributed by atoms with van der Waals surface area (Å²) in [5.74, 6) is 0. The maximum atomic E-state index is 12.6. The molecule has 3 heterocycles. The molecule has 0 spiro atoms. The van der Waals surface area contributed by atoms with E-state index in [0.29, 0.717) is 19.7 Å². The molecule has 0 radical (unpaired) electrons. The highest BCUT2D eigenvalue weighted by Crippen LogP contribution is 2.25. The molecular formula is C16H26N4O2S. The highest BCUT2D eigenvalue weighted by Gasteiger charge is 2.29. The van der Waals surface area contributed by atoms with Crippen LogP contribution in [0, 0.1) is 6.92 Å². The van der Waals surface area contributed by atoms with E-state index in [-0.39, 0.29) is 18.2 Å². The van der Waals surface area contributed by atoms with E-state index >= 15 is 0 Å². The van der Waals surface area contributed by atoms with Crippen LogP contribution in [0.15, 0.2) is 5.38 Å². The van der Waals surface area contributed by atoms with Gasteiger partial charge in [-0.2, -0.15) is 0 Å². The van der Waals surface area contributed by atoms with Gasteiger partial charge in [-0.1, -0.05) is 6.92 Å². The molecule has 2 fully saturated rings. The Hall–Kier alpha value is -1.18. The first-order chi connectivity index (χ1) is 11.2. The van der Waals surface area contributed by atoms with E-state index in [4.69, 9.17) is 4.74 Å². The lowest BCUT2D eigenvalue weighted by atomic mass is 10.1. The molecule has 0 aromatic carbocycles. The third-order valence-electron chi connectivity index (χ3n) is 4.55. The fourth-order valence-electron chi connectivity index (χ4n) is 3.23. The van der Waals surface area contributed by atoms with Crippen LogP contribution < -0.4 is 5.32 Å². The molecule has 1 N–H and O–H groups in total. The number of likely N-dealkylation sites (tertiary alicyclic amines) is 1. The second kappa shape index (κ2) is 7.59. The number of likely N-dealkylation sites (N-methyl/N-ethyl adjacent to an activating group) is 1. The summed E-state index contributed by atoms with van der Waals surface area (Å²) in [4.78, 5) is 21.3. The van der Waals surface area contributed by atoms with Crippen molar-refractivity contribution in [1.82, 2.24) is 20.1 Å². The van der Waals surface area contributed by atoms with E-state index in [2.05, 4.69) is 22.1 Å². The average Bonchev–Trinajstić information content (AvgIpc) is 3.01. The molecule has 23 heavy (non-hydrogen) atoms. The highest BCUT2D eigenvalue weighted by molar-refractivity contribution is 7.09. The van der Waals surface area contributed by atoms with Crippen molar-refractivity contribution in [2.75, 3.05) is 39.3 Å². The molecule has 7 heteroatoms. The molecule has 2 atom stereocenters. The van der Waals surface area contributed by atoms with Crippen LogP contribution in [0.4, 0.5) is 4.79 Å². The summed E-state index contributed by atoms with van der Waals surface area (Å²) in [6, 6.07) is 0.300. The number of aromatic nitrogens is 1. The molecule has 0 unspecified atom stereocenters. The van der Waals surface area contributed by atoms with Gasteiger partial charge in [-0.3, -0.25) is 0 Å². The number of hydrogen-bond acceptors (Lipinski definition) is 5. The van der Waals surface area contributed by atoms with Crippen LogP contribution >= 0.6 is 11.3 Å². The van der Waals surface area contributed by atoms with E-state index in [1.807, 2.05) is 17.2 Å². The lowest BCUT2D eigenvalue weighted by molar-refractivity contribution is -0.0162. The molecule has 1 aromatic heterocycles. The predicted octanol–water partition coefficient (Wildman–Crippen LogP) is 2.02. The Kier molecular flexibility index (Phi) is 5.50. The maximum absolute atomic E-state index is 12.6. The van der Waals surface area contributed by atoms with Gasteiger partial charge in [0.05, 0.1) is 13.2 Å².